The summed E-state index contributed by atoms with van der Waals surface area (Å²) in [5.74, 6) is 0.237. The number of methoxy groups -OCH3 is 1. The van der Waals surface area contributed by atoms with Gasteiger partial charge < -0.3 is 4.74 Å². The van der Waals surface area contributed by atoms with Crippen molar-refractivity contribution in [2.24, 2.45) is 4.99 Å². The van der Waals surface area contributed by atoms with Crippen molar-refractivity contribution in [3.05, 3.63) is 5.69 Å². The first-order chi connectivity index (χ1) is 5.29. The molecule has 1 aromatic rings. The van der Waals surface area contributed by atoms with E-state index in [1.807, 2.05) is 0 Å². The van der Waals surface area contributed by atoms with E-state index in [1.54, 1.807) is 0 Å². The maximum absolute atomic E-state index is 5.62. The molecule has 0 atom stereocenters. The fourth-order valence-electron chi connectivity index (χ4n) is 0.546. The van der Waals surface area contributed by atoms with Gasteiger partial charge in [0.15, 0.2) is 5.17 Å². The largest absolute Gasteiger partial charge is 0.477 e. The monoisotopic (exact) mass is 175 g/mol. The molecule has 0 spiro atoms. The van der Waals surface area contributed by atoms with Crippen LogP contribution in [0, 0.1) is 0 Å². The van der Waals surface area contributed by atoms with Gasteiger partial charge in [-0.25, -0.2) is 4.63 Å². The summed E-state index contributed by atoms with van der Waals surface area (Å²) in [6.07, 6.45) is 0. The van der Waals surface area contributed by atoms with E-state index in [9.17, 15) is 0 Å². The first kappa shape index (κ1) is 8.00. The molecule has 0 saturated carbocycles. The van der Waals surface area contributed by atoms with Crippen molar-refractivity contribution < 1.29 is 9.37 Å². The molecular formula is C5H6ClN3O2. The highest BCUT2D eigenvalue weighted by Gasteiger charge is 2.13. The van der Waals surface area contributed by atoms with Gasteiger partial charge in [-0.05, 0) is 10.3 Å². The van der Waals surface area contributed by atoms with Crippen LogP contribution in [0.15, 0.2) is 9.62 Å². The summed E-state index contributed by atoms with van der Waals surface area (Å²) in [5, 5.41) is 7.13. The molecule has 0 saturated heterocycles. The van der Waals surface area contributed by atoms with Gasteiger partial charge in [0.25, 0.3) is 5.88 Å². The first-order valence-corrected chi connectivity index (χ1v) is 3.16. The molecule has 0 N–H and O–H groups in total. The number of hydrogen-bond donors (Lipinski definition) is 0. The van der Waals surface area contributed by atoms with Crippen LogP contribution in [0.25, 0.3) is 0 Å². The van der Waals surface area contributed by atoms with Crippen LogP contribution < -0.4 is 4.74 Å². The highest BCUT2D eigenvalue weighted by molar-refractivity contribution is 6.69. The molecule has 60 valence electrons. The Morgan fingerprint density at radius 3 is 2.91 bits per heavy atom. The Morgan fingerprint density at radius 2 is 2.36 bits per heavy atom. The van der Waals surface area contributed by atoms with Crippen LogP contribution in [0.3, 0.4) is 0 Å². The number of rotatable bonds is 2. The third-order valence-electron chi connectivity index (χ3n) is 1.04. The summed E-state index contributed by atoms with van der Waals surface area (Å²) in [7, 11) is 2.99. The number of hydrogen-bond acceptors (Lipinski definition) is 5. The Bertz CT molecular complexity index is 270. The second-order valence-electron chi connectivity index (χ2n) is 1.64. The van der Waals surface area contributed by atoms with Crippen LogP contribution >= 0.6 is 11.6 Å². The number of aromatic nitrogens is 2. The molecule has 0 radical (unpaired) electrons. The molecule has 1 heterocycles. The highest BCUT2D eigenvalue weighted by atomic mass is 35.5. The maximum atomic E-state index is 5.62. The SMILES string of the molecule is CN=C(Cl)c1nonc1OC. The van der Waals surface area contributed by atoms with Crippen LogP contribution in [0.5, 0.6) is 5.88 Å². The minimum atomic E-state index is 0.211. The van der Waals surface area contributed by atoms with E-state index in [0.29, 0.717) is 5.69 Å². The van der Waals surface area contributed by atoms with Gasteiger partial charge in [0, 0.05) is 7.05 Å². The summed E-state index contributed by atoms with van der Waals surface area (Å²) >= 11 is 5.62. The van der Waals surface area contributed by atoms with E-state index in [2.05, 4.69) is 19.9 Å². The van der Waals surface area contributed by atoms with Gasteiger partial charge in [0.1, 0.15) is 0 Å². The summed E-state index contributed by atoms with van der Waals surface area (Å²) in [5.41, 5.74) is 0.316. The van der Waals surface area contributed by atoms with Crippen molar-refractivity contribution in [1.29, 1.82) is 0 Å². The lowest BCUT2D eigenvalue weighted by Crippen LogP contribution is -1.95. The normalized spacial score (nSPS) is 11.7. The lowest BCUT2D eigenvalue weighted by molar-refractivity contribution is 0.281. The molecule has 1 aromatic heterocycles. The third kappa shape index (κ3) is 1.48. The second kappa shape index (κ2) is 3.34. The van der Waals surface area contributed by atoms with E-state index < -0.39 is 0 Å². The Labute approximate surface area is 68.0 Å². The van der Waals surface area contributed by atoms with Crippen LogP contribution in [0.2, 0.25) is 0 Å². The zero-order chi connectivity index (χ0) is 8.27. The van der Waals surface area contributed by atoms with E-state index in [1.165, 1.54) is 14.2 Å². The predicted octanol–water partition coefficient (Wildman–Crippen LogP) is 0.693. The molecule has 0 amide bonds. The molecule has 0 aliphatic heterocycles. The molecule has 0 aliphatic rings. The molecule has 0 aliphatic carbocycles. The van der Waals surface area contributed by atoms with Crippen molar-refractivity contribution in [3.8, 4) is 5.88 Å². The standard InChI is InChI=1S/C5H6ClN3O2/c1-7-4(6)3-5(10-2)9-11-8-3/h1-2H3. The molecule has 0 unspecified atom stereocenters. The average molecular weight is 176 g/mol. The zero-order valence-electron chi connectivity index (χ0n) is 6.04. The van der Waals surface area contributed by atoms with E-state index in [4.69, 9.17) is 16.3 Å². The first-order valence-electron chi connectivity index (χ1n) is 2.78. The number of halogens is 1. The minimum Gasteiger partial charge on any atom is -0.477 e. The zero-order valence-corrected chi connectivity index (χ0v) is 6.79. The van der Waals surface area contributed by atoms with Gasteiger partial charge in [-0.3, -0.25) is 4.99 Å². The lowest BCUT2D eigenvalue weighted by Gasteiger charge is -1.91. The number of ether oxygens (including phenoxy) is 1. The molecular weight excluding hydrogens is 170 g/mol. The van der Waals surface area contributed by atoms with Crippen molar-refractivity contribution in [2.75, 3.05) is 14.2 Å². The van der Waals surface area contributed by atoms with Crippen molar-refractivity contribution in [3.63, 3.8) is 0 Å². The van der Waals surface area contributed by atoms with Gasteiger partial charge in [-0.1, -0.05) is 11.6 Å². The van der Waals surface area contributed by atoms with Crippen LogP contribution in [0.4, 0.5) is 0 Å². The molecule has 11 heavy (non-hydrogen) atoms. The smallest absolute Gasteiger partial charge is 0.286 e. The summed E-state index contributed by atoms with van der Waals surface area (Å²) < 4.78 is 9.14. The molecule has 6 heteroatoms. The maximum Gasteiger partial charge on any atom is 0.286 e. The predicted molar refractivity (Wildman–Crippen MR) is 39.2 cm³/mol. The fraction of sp³-hybridized carbons (Fsp3) is 0.400. The second-order valence-corrected chi connectivity index (χ2v) is 1.99. The van der Waals surface area contributed by atoms with Crippen LogP contribution in [-0.4, -0.2) is 29.6 Å². The summed E-state index contributed by atoms with van der Waals surface area (Å²) in [4.78, 5) is 3.68. The van der Waals surface area contributed by atoms with Crippen LogP contribution in [-0.2, 0) is 0 Å². The topological polar surface area (TPSA) is 60.5 Å². The minimum absolute atomic E-state index is 0.211. The Hall–Kier alpha value is -1.10. The molecule has 5 nitrogen and oxygen atoms in total. The third-order valence-corrected chi connectivity index (χ3v) is 1.39. The van der Waals surface area contributed by atoms with Gasteiger partial charge in [0.2, 0.25) is 5.69 Å². The van der Waals surface area contributed by atoms with E-state index in [-0.39, 0.29) is 11.1 Å². The Morgan fingerprint density at radius 1 is 1.64 bits per heavy atom. The molecule has 0 bridgehead atoms. The van der Waals surface area contributed by atoms with Gasteiger partial charge in [-0.15, -0.1) is 0 Å². The Kier molecular flexibility index (Phi) is 2.43. The molecule has 1 rings (SSSR count). The van der Waals surface area contributed by atoms with Crippen LogP contribution in [0.1, 0.15) is 5.69 Å². The molecule has 0 fully saturated rings. The number of aliphatic imine (C=N–C) groups is 1. The van der Waals surface area contributed by atoms with E-state index in [0.717, 1.165) is 0 Å². The van der Waals surface area contributed by atoms with Gasteiger partial charge in [0.05, 0.1) is 7.11 Å². The average Bonchev–Trinajstić information content (AvgIpc) is 2.50. The van der Waals surface area contributed by atoms with Gasteiger partial charge >= 0.3 is 0 Å². The fourth-order valence-corrected chi connectivity index (χ4v) is 0.662. The van der Waals surface area contributed by atoms with Crippen molar-refractivity contribution >= 4 is 16.8 Å². The Balaban J connectivity index is 3.02. The quantitative estimate of drug-likeness (QED) is 0.621. The van der Waals surface area contributed by atoms with E-state index >= 15 is 0 Å². The highest BCUT2D eigenvalue weighted by Crippen LogP contribution is 2.14. The molecule has 0 aromatic carbocycles. The van der Waals surface area contributed by atoms with Crippen molar-refractivity contribution in [1.82, 2.24) is 10.3 Å². The van der Waals surface area contributed by atoms with Gasteiger partial charge in [-0.2, -0.15) is 0 Å². The number of nitrogens with zero attached hydrogens (tertiary/aromatic N) is 3. The lowest BCUT2D eigenvalue weighted by atomic mass is 10.5. The summed E-state index contributed by atoms with van der Waals surface area (Å²) in [6, 6.07) is 0. The van der Waals surface area contributed by atoms with Crippen molar-refractivity contribution in [2.45, 2.75) is 0 Å². The summed E-state index contributed by atoms with van der Waals surface area (Å²) in [6.45, 7) is 0.